The van der Waals surface area contributed by atoms with Gasteiger partial charge in [-0.05, 0) is 43.2 Å². The maximum atomic E-state index is 12.4. The smallest absolute Gasteiger partial charge is 0.321 e. The average Bonchev–Trinajstić information content (AvgIpc) is 2.55. The Balaban J connectivity index is 2.19. The summed E-state index contributed by atoms with van der Waals surface area (Å²) in [6, 6.07) is 13.2. The van der Waals surface area contributed by atoms with Gasteiger partial charge in [-0.25, -0.2) is 18.4 Å². The summed E-state index contributed by atoms with van der Waals surface area (Å²) in [5.41, 5.74) is 2.38. The number of carbonyl (C=O) groups excluding carboxylic acids is 1. The van der Waals surface area contributed by atoms with Crippen molar-refractivity contribution in [2.75, 3.05) is 12.4 Å². The maximum absolute atomic E-state index is 12.4. The lowest BCUT2D eigenvalue weighted by atomic mass is 10.1. The van der Waals surface area contributed by atoms with Gasteiger partial charge < -0.3 is 10.2 Å². The Bertz CT molecular complexity index is 850. The summed E-state index contributed by atoms with van der Waals surface area (Å²) in [5, 5.41) is 8.01. The van der Waals surface area contributed by atoms with E-state index in [4.69, 9.17) is 5.14 Å². The van der Waals surface area contributed by atoms with E-state index in [-0.39, 0.29) is 17.0 Å². The highest BCUT2D eigenvalue weighted by molar-refractivity contribution is 7.89. The number of rotatable bonds is 4. The molecule has 1 atom stereocenters. The van der Waals surface area contributed by atoms with Crippen molar-refractivity contribution in [1.82, 2.24) is 4.90 Å². The minimum Gasteiger partial charge on any atom is -0.321 e. The SMILES string of the molecule is Cc1ccccc1NC(=O)N(C)[C@H](C)c1cccc(S(N)(=O)=O)c1. The molecule has 0 bridgehead atoms. The van der Waals surface area contributed by atoms with Crippen LogP contribution in [0.15, 0.2) is 53.4 Å². The summed E-state index contributed by atoms with van der Waals surface area (Å²) in [6.07, 6.45) is 0. The van der Waals surface area contributed by atoms with Crippen LogP contribution in [0.1, 0.15) is 24.1 Å². The molecular weight excluding hydrogens is 326 g/mol. The van der Waals surface area contributed by atoms with Crippen LogP contribution in [-0.2, 0) is 10.0 Å². The molecule has 128 valence electrons. The lowest BCUT2D eigenvalue weighted by Crippen LogP contribution is -2.33. The number of urea groups is 1. The van der Waals surface area contributed by atoms with Gasteiger partial charge in [0.25, 0.3) is 0 Å². The molecule has 0 aromatic heterocycles. The highest BCUT2D eigenvalue weighted by atomic mass is 32.2. The van der Waals surface area contributed by atoms with Crippen molar-refractivity contribution < 1.29 is 13.2 Å². The molecule has 0 heterocycles. The van der Waals surface area contributed by atoms with Gasteiger partial charge in [-0.3, -0.25) is 0 Å². The zero-order valence-electron chi connectivity index (χ0n) is 13.9. The number of anilines is 1. The normalized spacial score (nSPS) is 12.5. The number of aryl methyl sites for hydroxylation is 1. The summed E-state index contributed by atoms with van der Waals surface area (Å²) < 4.78 is 22.9. The van der Waals surface area contributed by atoms with Crippen LogP contribution in [-0.4, -0.2) is 26.4 Å². The van der Waals surface area contributed by atoms with Gasteiger partial charge in [-0.2, -0.15) is 0 Å². The summed E-state index contributed by atoms with van der Waals surface area (Å²) in [7, 11) is -2.12. The van der Waals surface area contributed by atoms with Gasteiger partial charge >= 0.3 is 6.03 Å². The number of nitrogens with zero attached hydrogens (tertiary/aromatic N) is 1. The van der Waals surface area contributed by atoms with Crippen LogP contribution in [0.5, 0.6) is 0 Å². The number of amides is 2. The van der Waals surface area contributed by atoms with Gasteiger partial charge in [-0.1, -0.05) is 30.3 Å². The minimum atomic E-state index is -3.78. The molecule has 0 fully saturated rings. The van der Waals surface area contributed by atoms with Crippen molar-refractivity contribution in [3.8, 4) is 0 Å². The molecule has 0 radical (unpaired) electrons. The summed E-state index contributed by atoms with van der Waals surface area (Å²) >= 11 is 0. The average molecular weight is 347 g/mol. The highest BCUT2D eigenvalue weighted by Crippen LogP contribution is 2.22. The number of primary sulfonamides is 1. The van der Waals surface area contributed by atoms with E-state index in [1.165, 1.54) is 17.0 Å². The second-order valence-corrected chi connectivity index (χ2v) is 7.21. The fourth-order valence-corrected chi connectivity index (χ4v) is 2.84. The van der Waals surface area contributed by atoms with Crippen molar-refractivity contribution >= 4 is 21.7 Å². The Morgan fingerprint density at radius 1 is 1.17 bits per heavy atom. The fourth-order valence-electron chi connectivity index (χ4n) is 2.27. The largest absolute Gasteiger partial charge is 0.322 e. The summed E-state index contributed by atoms with van der Waals surface area (Å²) in [4.78, 5) is 14.0. The van der Waals surface area contributed by atoms with Gasteiger partial charge in [0.1, 0.15) is 0 Å². The Morgan fingerprint density at radius 2 is 1.83 bits per heavy atom. The van der Waals surface area contributed by atoms with E-state index in [1.807, 2.05) is 38.1 Å². The Kier molecular flexibility index (Phi) is 5.26. The van der Waals surface area contributed by atoms with Crippen LogP contribution in [0.25, 0.3) is 0 Å². The zero-order chi connectivity index (χ0) is 17.9. The number of hydrogen-bond donors (Lipinski definition) is 2. The molecule has 0 saturated carbocycles. The number of benzene rings is 2. The molecule has 6 nitrogen and oxygen atoms in total. The van der Waals surface area contributed by atoms with Crippen LogP contribution >= 0.6 is 0 Å². The molecule has 0 unspecified atom stereocenters. The number of carbonyl (C=O) groups is 1. The van der Waals surface area contributed by atoms with Gasteiger partial charge in [0, 0.05) is 12.7 Å². The third kappa shape index (κ3) is 4.12. The Labute approximate surface area is 142 Å². The molecule has 7 heteroatoms. The van der Waals surface area contributed by atoms with E-state index in [0.717, 1.165) is 11.3 Å². The van der Waals surface area contributed by atoms with E-state index in [1.54, 1.807) is 19.2 Å². The minimum absolute atomic E-state index is 0.0274. The monoisotopic (exact) mass is 347 g/mol. The first-order valence-corrected chi connectivity index (χ1v) is 8.97. The predicted octanol–water partition coefficient (Wildman–Crippen LogP) is 2.87. The molecule has 2 amide bonds. The zero-order valence-corrected chi connectivity index (χ0v) is 14.7. The van der Waals surface area contributed by atoms with Gasteiger partial charge in [-0.15, -0.1) is 0 Å². The van der Waals surface area contributed by atoms with E-state index >= 15 is 0 Å². The molecular formula is C17H21N3O3S. The lowest BCUT2D eigenvalue weighted by Gasteiger charge is -2.26. The van der Waals surface area contributed by atoms with Gasteiger partial charge in [0.2, 0.25) is 10.0 Å². The number of nitrogens with two attached hydrogens (primary N) is 1. The van der Waals surface area contributed by atoms with Crippen molar-refractivity contribution in [3.05, 3.63) is 59.7 Å². The highest BCUT2D eigenvalue weighted by Gasteiger charge is 2.19. The number of nitrogens with one attached hydrogen (secondary N) is 1. The van der Waals surface area contributed by atoms with Crippen molar-refractivity contribution in [1.29, 1.82) is 0 Å². The van der Waals surface area contributed by atoms with Crippen LogP contribution in [0.3, 0.4) is 0 Å². The first-order chi connectivity index (χ1) is 11.2. The van der Waals surface area contributed by atoms with E-state index in [0.29, 0.717) is 5.56 Å². The topological polar surface area (TPSA) is 92.5 Å². The molecule has 0 spiro atoms. The third-order valence-electron chi connectivity index (χ3n) is 3.96. The first-order valence-electron chi connectivity index (χ1n) is 7.42. The second kappa shape index (κ2) is 7.02. The van der Waals surface area contributed by atoms with E-state index < -0.39 is 10.0 Å². The van der Waals surface area contributed by atoms with Crippen molar-refractivity contribution in [2.45, 2.75) is 24.8 Å². The van der Waals surface area contributed by atoms with Crippen LogP contribution < -0.4 is 10.5 Å². The van der Waals surface area contributed by atoms with Gasteiger partial charge in [0.05, 0.1) is 10.9 Å². The predicted molar refractivity (Wildman–Crippen MR) is 94.2 cm³/mol. The fraction of sp³-hybridized carbons (Fsp3) is 0.235. The maximum Gasteiger partial charge on any atom is 0.322 e. The molecule has 2 rings (SSSR count). The molecule has 0 aliphatic heterocycles. The molecule has 0 aliphatic rings. The number of para-hydroxylation sites is 1. The van der Waals surface area contributed by atoms with Crippen LogP contribution in [0.4, 0.5) is 10.5 Å². The second-order valence-electron chi connectivity index (χ2n) is 5.65. The molecule has 2 aromatic carbocycles. The van der Waals surface area contributed by atoms with Crippen LogP contribution in [0.2, 0.25) is 0 Å². The lowest BCUT2D eigenvalue weighted by molar-refractivity contribution is 0.208. The molecule has 0 aliphatic carbocycles. The molecule has 3 N–H and O–H groups in total. The van der Waals surface area contributed by atoms with Gasteiger partial charge in [0.15, 0.2) is 0 Å². The summed E-state index contributed by atoms with van der Waals surface area (Å²) in [6.45, 7) is 3.73. The van der Waals surface area contributed by atoms with Crippen molar-refractivity contribution in [3.63, 3.8) is 0 Å². The van der Waals surface area contributed by atoms with Crippen LogP contribution in [0, 0.1) is 6.92 Å². The van der Waals surface area contributed by atoms with E-state index in [2.05, 4.69) is 5.32 Å². The van der Waals surface area contributed by atoms with E-state index in [9.17, 15) is 13.2 Å². The molecule has 0 saturated heterocycles. The third-order valence-corrected chi connectivity index (χ3v) is 4.87. The molecule has 2 aromatic rings. The standard InChI is InChI=1S/C17H21N3O3S/c1-12-7-4-5-10-16(12)19-17(21)20(3)13(2)14-8-6-9-15(11-14)24(18,22)23/h4-11,13H,1-3H3,(H,19,21)(H2,18,22,23)/t13-/m1/s1. The Morgan fingerprint density at radius 3 is 2.46 bits per heavy atom. The first kappa shape index (κ1) is 18.0. The van der Waals surface area contributed by atoms with Crippen molar-refractivity contribution in [2.24, 2.45) is 5.14 Å². The summed E-state index contributed by atoms with van der Waals surface area (Å²) in [5.74, 6) is 0. The quantitative estimate of drug-likeness (QED) is 0.890. The number of sulfonamides is 1. The molecule has 24 heavy (non-hydrogen) atoms. The number of hydrogen-bond acceptors (Lipinski definition) is 3. The Hall–Kier alpha value is -2.38.